The van der Waals surface area contributed by atoms with Gasteiger partial charge in [-0.3, -0.25) is 13.9 Å². The van der Waals surface area contributed by atoms with Gasteiger partial charge in [-0.05, 0) is 55.5 Å². The fourth-order valence-corrected chi connectivity index (χ4v) is 6.71. The van der Waals surface area contributed by atoms with E-state index in [0.717, 1.165) is 46.7 Å². The molecule has 3 aromatic carbocycles. The average molecular weight is 606 g/mol. The number of benzene rings is 3. The Bertz CT molecular complexity index is 1540. The lowest BCUT2D eigenvalue weighted by Crippen LogP contribution is -2.54. The first-order chi connectivity index (χ1) is 20.7. The molecule has 43 heavy (non-hydrogen) atoms. The van der Waals surface area contributed by atoms with E-state index in [1.54, 1.807) is 23.1 Å². The summed E-state index contributed by atoms with van der Waals surface area (Å²) in [5.41, 5.74) is 3.06. The molecular formula is C33H39N3O6S. The van der Waals surface area contributed by atoms with E-state index in [-0.39, 0.29) is 31.0 Å². The summed E-state index contributed by atoms with van der Waals surface area (Å²) in [6, 6.07) is 21.3. The van der Waals surface area contributed by atoms with Gasteiger partial charge in [-0.15, -0.1) is 0 Å². The van der Waals surface area contributed by atoms with Gasteiger partial charge in [0, 0.05) is 25.1 Å². The summed E-state index contributed by atoms with van der Waals surface area (Å²) < 4.78 is 38.8. The van der Waals surface area contributed by atoms with E-state index in [4.69, 9.17) is 9.47 Å². The van der Waals surface area contributed by atoms with E-state index in [9.17, 15) is 18.0 Å². The van der Waals surface area contributed by atoms with Crippen molar-refractivity contribution in [3.8, 4) is 11.5 Å². The van der Waals surface area contributed by atoms with E-state index < -0.39 is 28.5 Å². The molecule has 228 valence electrons. The molecule has 2 aliphatic rings. The van der Waals surface area contributed by atoms with Gasteiger partial charge >= 0.3 is 0 Å². The maximum atomic E-state index is 14.4. The van der Waals surface area contributed by atoms with Gasteiger partial charge in [-0.25, -0.2) is 8.42 Å². The van der Waals surface area contributed by atoms with Crippen molar-refractivity contribution in [2.24, 2.45) is 0 Å². The standard InChI is InChI=1S/C33H39N3O6S/c1-3-43(39,40)36(28-17-18-30-31(20-28)42-23-41-30)22-32(37)35(21-26-14-8-7-11-24(26)2)29(19-25-12-5-4-6-13-25)33(38)34-27-15-9-10-16-27/h4-8,11-14,17-18,20,27,29H,3,9-10,15-16,19,21-23H2,1-2H3,(H,34,38). The molecule has 1 N–H and O–H groups in total. The highest BCUT2D eigenvalue weighted by molar-refractivity contribution is 7.92. The number of amides is 2. The van der Waals surface area contributed by atoms with Crippen LogP contribution in [0.4, 0.5) is 5.69 Å². The van der Waals surface area contributed by atoms with Crippen molar-refractivity contribution in [3.05, 3.63) is 89.5 Å². The van der Waals surface area contributed by atoms with Crippen LogP contribution >= 0.6 is 0 Å². The molecule has 1 heterocycles. The number of aryl methyl sites for hydroxylation is 1. The number of fused-ring (bicyclic) bond motifs is 1. The maximum absolute atomic E-state index is 14.4. The Morgan fingerprint density at radius 1 is 0.953 bits per heavy atom. The number of rotatable bonds is 12. The minimum atomic E-state index is -3.87. The largest absolute Gasteiger partial charge is 0.454 e. The highest BCUT2D eigenvalue weighted by atomic mass is 32.2. The first kappa shape index (κ1) is 30.4. The highest BCUT2D eigenvalue weighted by Crippen LogP contribution is 2.36. The number of hydrogen-bond acceptors (Lipinski definition) is 6. The summed E-state index contributed by atoms with van der Waals surface area (Å²) in [6.45, 7) is 3.23. The predicted octanol–water partition coefficient (Wildman–Crippen LogP) is 4.58. The Balaban J connectivity index is 1.52. The third kappa shape index (κ3) is 7.30. The minimum Gasteiger partial charge on any atom is -0.454 e. The molecule has 1 unspecified atom stereocenters. The van der Waals surface area contributed by atoms with E-state index in [1.165, 1.54) is 6.92 Å². The predicted molar refractivity (Wildman–Crippen MR) is 165 cm³/mol. The molecule has 1 aliphatic heterocycles. The topological polar surface area (TPSA) is 105 Å². The Morgan fingerprint density at radius 3 is 2.37 bits per heavy atom. The van der Waals surface area contributed by atoms with Crippen LogP contribution in [0.3, 0.4) is 0 Å². The van der Waals surface area contributed by atoms with E-state index in [2.05, 4.69) is 5.32 Å². The van der Waals surface area contributed by atoms with Gasteiger partial charge < -0.3 is 19.7 Å². The van der Waals surface area contributed by atoms with Crippen molar-refractivity contribution in [1.82, 2.24) is 10.2 Å². The molecule has 1 atom stereocenters. The number of carbonyl (C=O) groups excluding carboxylic acids is 2. The summed E-state index contributed by atoms with van der Waals surface area (Å²) in [7, 11) is -3.87. The molecule has 0 spiro atoms. The zero-order valence-electron chi connectivity index (χ0n) is 24.7. The van der Waals surface area contributed by atoms with E-state index in [0.29, 0.717) is 23.6 Å². The molecule has 5 rings (SSSR count). The lowest BCUT2D eigenvalue weighted by Gasteiger charge is -2.34. The van der Waals surface area contributed by atoms with Crippen molar-refractivity contribution in [2.75, 3.05) is 23.4 Å². The van der Waals surface area contributed by atoms with Crippen LogP contribution in [-0.2, 0) is 32.6 Å². The Kier molecular flexibility index (Phi) is 9.55. The number of carbonyl (C=O) groups is 2. The van der Waals surface area contributed by atoms with Crippen LogP contribution in [0.25, 0.3) is 0 Å². The molecule has 0 aromatic heterocycles. The fourth-order valence-electron chi connectivity index (χ4n) is 5.65. The van der Waals surface area contributed by atoms with E-state index >= 15 is 0 Å². The van der Waals surface area contributed by atoms with Crippen LogP contribution in [-0.4, -0.2) is 56.3 Å². The lowest BCUT2D eigenvalue weighted by atomic mass is 10.0. The molecule has 9 nitrogen and oxygen atoms in total. The van der Waals surface area contributed by atoms with Crippen LogP contribution in [0.2, 0.25) is 0 Å². The Hall–Kier alpha value is -4.05. The highest BCUT2D eigenvalue weighted by Gasteiger charge is 2.35. The second-order valence-electron chi connectivity index (χ2n) is 11.1. The number of nitrogens with one attached hydrogen (secondary N) is 1. The normalized spacial score (nSPS) is 15.2. The first-order valence-corrected chi connectivity index (χ1v) is 16.4. The molecule has 0 radical (unpaired) electrons. The molecule has 1 aliphatic carbocycles. The van der Waals surface area contributed by atoms with Crippen LogP contribution in [0.1, 0.15) is 49.3 Å². The van der Waals surface area contributed by atoms with Crippen molar-refractivity contribution >= 4 is 27.5 Å². The van der Waals surface area contributed by atoms with Crippen LogP contribution < -0.4 is 19.1 Å². The summed E-state index contributed by atoms with van der Waals surface area (Å²) in [4.78, 5) is 29.9. The van der Waals surface area contributed by atoms with Gasteiger partial charge in [0.25, 0.3) is 0 Å². The molecule has 0 saturated heterocycles. The van der Waals surface area contributed by atoms with Crippen molar-refractivity contribution in [2.45, 2.75) is 64.6 Å². The smallest absolute Gasteiger partial charge is 0.244 e. The lowest BCUT2D eigenvalue weighted by molar-refractivity contribution is -0.140. The zero-order chi connectivity index (χ0) is 30.4. The van der Waals surface area contributed by atoms with Gasteiger partial charge in [0.1, 0.15) is 12.6 Å². The third-order valence-corrected chi connectivity index (χ3v) is 9.94. The average Bonchev–Trinajstić information content (AvgIpc) is 3.70. The molecule has 10 heteroatoms. The van der Waals surface area contributed by atoms with Crippen LogP contribution in [0, 0.1) is 6.92 Å². The molecule has 3 aromatic rings. The number of sulfonamides is 1. The number of hydrogen-bond donors (Lipinski definition) is 1. The van der Waals surface area contributed by atoms with Gasteiger partial charge in [-0.1, -0.05) is 67.4 Å². The third-order valence-electron chi connectivity index (χ3n) is 8.20. The Morgan fingerprint density at radius 2 is 1.65 bits per heavy atom. The Labute approximate surface area is 253 Å². The molecule has 1 fully saturated rings. The number of ether oxygens (including phenoxy) is 2. The van der Waals surface area contributed by atoms with Gasteiger partial charge in [0.2, 0.25) is 28.6 Å². The summed E-state index contributed by atoms with van der Waals surface area (Å²) >= 11 is 0. The van der Waals surface area contributed by atoms with Crippen LogP contribution in [0.5, 0.6) is 11.5 Å². The monoisotopic (exact) mass is 605 g/mol. The molecule has 0 bridgehead atoms. The minimum absolute atomic E-state index is 0.0414. The second kappa shape index (κ2) is 13.5. The maximum Gasteiger partial charge on any atom is 0.244 e. The molecular weight excluding hydrogens is 566 g/mol. The molecule has 2 amide bonds. The summed E-state index contributed by atoms with van der Waals surface area (Å²) in [5.74, 6) is 0.0147. The van der Waals surface area contributed by atoms with Gasteiger partial charge in [0.15, 0.2) is 11.5 Å². The second-order valence-corrected chi connectivity index (χ2v) is 13.3. The van der Waals surface area contributed by atoms with Gasteiger partial charge in [-0.2, -0.15) is 0 Å². The first-order valence-electron chi connectivity index (χ1n) is 14.8. The SMILES string of the molecule is CCS(=O)(=O)N(CC(=O)N(Cc1ccccc1C)C(Cc1ccccc1)C(=O)NC1CCCC1)c1ccc2c(c1)OCO2. The van der Waals surface area contributed by atoms with Crippen molar-refractivity contribution < 1.29 is 27.5 Å². The fraction of sp³-hybridized carbons (Fsp3) is 0.394. The van der Waals surface area contributed by atoms with Gasteiger partial charge in [0.05, 0.1) is 11.4 Å². The molecule has 1 saturated carbocycles. The quantitative estimate of drug-likeness (QED) is 0.324. The number of anilines is 1. The summed E-state index contributed by atoms with van der Waals surface area (Å²) in [6.07, 6.45) is 4.21. The van der Waals surface area contributed by atoms with E-state index in [1.807, 2.05) is 61.5 Å². The van der Waals surface area contributed by atoms with Crippen molar-refractivity contribution in [1.29, 1.82) is 0 Å². The summed E-state index contributed by atoms with van der Waals surface area (Å²) in [5, 5.41) is 3.19. The van der Waals surface area contributed by atoms with Crippen molar-refractivity contribution in [3.63, 3.8) is 0 Å². The number of nitrogens with zero attached hydrogens (tertiary/aromatic N) is 2. The van der Waals surface area contributed by atoms with Crippen LogP contribution in [0.15, 0.2) is 72.8 Å². The zero-order valence-corrected chi connectivity index (χ0v) is 25.5.